The average Bonchev–Trinajstić information content (AvgIpc) is 2.73. The molecule has 0 bridgehead atoms. The van der Waals surface area contributed by atoms with Crippen molar-refractivity contribution in [1.82, 2.24) is 9.80 Å². The molecule has 1 aliphatic rings. The maximum absolute atomic E-state index is 12.1. The zero-order valence-electron chi connectivity index (χ0n) is 12.4. The highest BCUT2D eigenvalue weighted by molar-refractivity contribution is 6.22. The molecular formula is C15H16N2O5. The number of imide groups is 1. The molecule has 22 heavy (non-hydrogen) atoms. The van der Waals surface area contributed by atoms with Crippen molar-refractivity contribution in [2.45, 2.75) is 6.92 Å². The fraction of sp³-hybridized carbons (Fsp3) is 0.333. The highest BCUT2D eigenvalue weighted by Gasteiger charge is 2.36. The lowest BCUT2D eigenvalue weighted by Crippen LogP contribution is -2.43. The van der Waals surface area contributed by atoms with E-state index in [0.717, 1.165) is 9.80 Å². The highest BCUT2D eigenvalue weighted by atomic mass is 16.5. The van der Waals surface area contributed by atoms with Gasteiger partial charge in [-0.25, -0.2) is 0 Å². The number of nitrogens with zero attached hydrogens (tertiary/aromatic N) is 2. The number of benzene rings is 1. The molecule has 0 N–H and O–H groups in total. The van der Waals surface area contributed by atoms with Crippen LogP contribution in [-0.2, 0) is 14.3 Å². The molecule has 0 spiro atoms. The van der Waals surface area contributed by atoms with Crippen molar-refractivity contribution >= 4 is 23.7 Å². The van der Waals surface area contributed by atoms with Gasteiger partial charge in [0.1, 0.15) is 13.1 Å². The van der Waals surface area contributed by atoms with Crippen molar-refractivity contribution in [2.75, 3.05) is 26.7 Å². The zero-order valence-corrected chi connectivity index (χ0v) is 12.4. The second-order valence-electron chi connectivity index (χ2n) is 4.80. The van der Waals surface area contributed by atoms with Gasteiger partial charge >= 0.3 is 5.97 Å². The molecule has 7 nitrogen and oxygen atoms in total. The first kappa shape index (κ1) is 15.7. The van der Waals surface area contributed by atoms with Gasteiger partial charge in [-0.15, -0.1) is 0 Å². The Labute approximate surface area is 127 Å². The molecule has 0 aromatic heterocycles. The Balaban J connectivity index is 2.03. The number of likely N-dealkylation sites (N-methyl/N-ethyl adjacent to an activating group) is 1. The van der Waals surface area contributed by atoms with E-state index in [1.807, 2.05) is 0 Å². The van der Waals surface area contributed by atoms with E-state index in [-0.39, 0.29) is 24.3 Å². The predicted molar refractivity (Wildman–Crippen MR) is 76.1 cm³/mol. The maximum Gasteiger partial charge on any atom is 0.325 e. The zero-order chi connectivity index (χ0) is 16.3. The monoisotopic (exact) mass is 304 g/mol. The van der Waals surface area contributed by atoms with Crippen LogP contribution in [0.4, 0.5) is 0 Å². The topological polar surface area (TPSA) is 84.0 Å². The van der Waals surface area contributed by atoms with Crippen molar-refractivity contribution in [3.63, 3.8) is 0 Å². The maximum atomic E-state index is 12.1. The van der Waals surface area contributed by atoms with Crippen LogP contribution in [0.5, 0.6) is 0 Å². The summed E-state index contributed by atoms with van der Waals surface area (Å²) in [7, 11) is 1.41. The van der Waals surface area contributed by atoms with Crippen LogP contribution in [0.15, 0.2) is 24.3 Å². The summed E-state index contributed by atoms with van der Waals surface area (Å²) in [6, 6.07) is 6.40. The molecule has 1 aromatic carbocycles. The van der Waals surface area contributed by atoms with E-state index in [1.165, 1.54) is 7.05 Å². The van der Waals surface area contributed by atoms with E-state index in [4.69, 9.17) is 4.74 Å². The smallest absolute Gasteiger partial charge is 0.325 e. The molecule has 116 valence electrons. The number of carbonyl (C=O) groups is 4. The Hall–Kier alpha value is -2.70. The van der Waals surface area contributed by atoms with E-state index in [0.29, 0.717) is 0 Å². The number of carbonyl (C=O) groups excluding carboxylic acids is 4. The van der Waals surface area contributed by atoms with E-state index in [2.05, 4.69) is 0 Å². The van der Waals surface area contributed by atoms with E-state index >= 15 is 0 Å². The van der Waals surface area contributed by atoms with E-state index in [1.54, 1.807) is 31.2 Å². The van der Waals surface area contributed by atoms with E-state index < -0.39 is 30.2 Å². The van der Waals surface area contributed by atoms with Crippen LogP contribution in [0.1, 0.15) is 27.6 Å². The van der Waals surface area contributed by atoms with Crippen LogP contribution in [-0.4, -0.2) is 60.2 Å². The number of hydrogen-bond donors (Lipinski definition) is 0. The predicted octanol–water partition coefficient (Wildman–Crippen LogP) is 0.304. The molecule has 2 rings (SSSR count). The molecule has 0 radical (unpaired) electrons. The third-order valence-electron chi connectivity index (χ3n) is 3.27. The fourth-order valence-corrected chi connectivity index (χ4v) is 2.13. The summed E-state index contributed by atoms with van der Waals surface area (Å²) in [6.45, 7) is 1.26. The molecule has 0 unspecified atom stereocenters. The lowest BCUT2D eigenvalue weighted by molar-refractivity contribution is -0.148. The first-order chi connectivity index (χ1) is 10.5. The van der Waals surface area contributed by atoms with Gasteiger partial charge in [0.25, 0.3) is 11.8 Å². The number of rotatable bonds is 5. The normalized spacial score (nSPS) is 13.1. The van der Waals surface area contributed by atoms with Crippen molar-refractivity contribution in [3.8, 4) is 0 Å². The van der Waals surface area contributed by atoms with Crippen LogP contribution >= 0.6 is 0 Å². The van der Waals surface area contributed by atoms with Gasteiger partial charge in [0.15, 0.2) is 0 Å². The lowest BCUT2D eigenvalue weighted by Gasteiger charge is -2.19. The van der Waals surface area contributed by atoms with Crippen LogP contribution in [0, 0.1) is 0 Å². The van der Waals surface area contributed by atoms with Crippen LogP contribution < -0.4 is 0 Å². The van der Waals surface area contributed by atoms with Crippen molar-refractivity contribution in [3.05, 3.63) is 35.4 Å². The van der Waals surface area contributed by atoms with Gasteiger partial charge < -0.3 is 9.64 Å². The number of fused-ring (bicyclic) bond motifs is 1. The lowest BCUT2D eigenvalue weighted by atomic mass is 10.1. The first-order valence-corrected chi connectivity index (χ1v) is 6.80. The molecule has 3 amide bonds. The summed E-state index contributed by atoms with van der Waals surface area (Å²) in [4.78, 5) is 49.7. The van der Waals surface area contributed by atoms with Crippen LogP contribution in [0.25, 0.3) is 0 Å². The number of esters is 1. The average molecular weight is 304 g/mol. The second-order valence-corrected chi connectivity index (χ2v) is 4.80. The molecule has 1 aliphatic heterocycles. The molecule has 0 saturated carbocycles. The molecule has 0 saturated heterocycles. The first-order valence-electron chi connectivity index (χ1n) is 6.80. The third kappa shape index (κ3) is 2.98. The minimum atomic E-state index is -0.541. The Morgan fingerprint density at radius 2 is 1.68 bits per heavy atom. The van der Waals surface area contributed by atoms with Gasteiger partial charge in [0, 0.05) is 7.05 Å². The molecule has 1 aromatic rings. The Bertz CT molecular complexity index is 606. The van der Waals surface area contributed by atoms with Gasteiger partial charge in [0.05, 0.1) is 17.7 Å². The van der Waals surface area contributed by atoms with E-state index in [9.17, 15) is 19.2 Å². The molecule has 7 heteroatoms. The summed E-state index contributed by atoms with van der Waals surface area (Å²) in [5.41, 5.74) is 0.571. The van der Waals surface area contributed by atoms with Crippen LogP contribution in [0.2, 0.25) is 0 Å². The van der Waals surface area contributed by atoms with Gasteiger partial charge in [-0.2, -0.15) is 0 Å². The largest absolute Gasteiger partial charge is 0.465 e. The van der Waals surface area contributed by atoms with Crippen LogP contribution in [0.3, 0.4) is 0 Å². The number of ether oxygens (including phenoxy) is 1. The van der Waals surface area contributed by atoms with Crippen molar-refractivity contribution < 1.29 is 23.9 Å². The van der Waals surface area contributed by atoms with Gasteiger partial charge in [0.2, 0.25) is 5.91 Å². The molecular weight excluding hydrogens is 288 g/mol. The molecule has 0 fully saturated rings. The minimum Gasteiger partial charge on any atom is -0.465 e. The summed E-state index contributed by atoms with van der Waals surface area (Å²) in [5.74, 6) is -2.06. The minimum absolute atomic E-state index is 0.221. The summed E-state index contributed by atoms with van der Waals surface area (Å²) >= 11 is 0. The summed E-state index contributed by atoms with van der Waals surface area (Å²) in [5, 5.41) is 0. The Morgan fingerprint density at radius 3 is 2.18 bits per heavy atom. The van der Waals surface area contributed by atoms with Crippen molar-refractivity contribution in [2.24, 2.45) is 0 Å². The summed E-state index contributed by atoms with van der Waals surface area (Å²) in [6.07, 6.45) is 0. The Kier molecular flexibility index (Phi) is 4.55. The quantitative estimate of drug-likeness (QED) is 0.577. The standard InChI is InChI=1S/C15H16N2O5/c1-3-22-13(19)9-16(2)12(18)8-17-14(20)10-6-4-5-7-11(10)15(17)21/h4-7H,3,8-9H2,1-2H3. The molecule has 0 atom stereocenters. The van der Waals surface area contributed by atoms with Gasteiger partial charge in [-0.3, -0.25) is 24.1 Å². The number of hydrogen-bond acceptors (Lipinski definition) is 5. The second kappa shape index (κ2) is 6.38. The van der Waals surface area contributed by atoms with Gasteiger partial charge in [-0.1, -0.05) is 12.1 Å². The number of amides is 3. The summed E-state index contributed by atoms with van der Waals surface area (Å²) < 4.78 is 4.75. The fourth-order valence-electron chi connectivity index (χ4n) is 2.13. The third-order valence-corrected chi connectivity index (χ3v) is 3.27. The highest BCUT2D eigenvalue weighted by Crippen LogP contribution is 2.22. The van der Waals surface area contributed by atoms with Gasteiger partial charge in [-0.05, 0) is 19.1 Å². The Morgan fingerprint density at radius 1 is 1.14 bits per heavy atom. The van der Waals surface area contributed by atoms with Crippen molar-refractivity contribution in [1.29, 1.82) is 0 Å². The molecule has 1 heterocycles. The SMILES string of the molecule is CCOC(=O)CN(C)C(=O)CN1C(=O)c2ccccc2C1=O. The molecule has 0 aliphatic carbocycles.